The minimum absolute atomic E-state index is 0.151. The largest absolute Gasteiger partial charge is 0.497 e. The molecule has 1 aliphatic heterocycles. The van der Waals surface area contributed by atoms with E-state index in [0.29, 0.717) is 18.9 Å². The molecule has 1 unspecified atom stereocenters. The lowest BCUT2D eigenvalue weighted by atomic mass is 10.0. The van der Waals surface area contributed by atoms with Gasteiger partial charge in [-0.2, -0.15) is 0 Å². The first kappa shape index (κ1) is 18.8. The maximum atomic E-state index is 12.1. The average molecular weight is 332 g/mol. The van der Waals surface area contributed by atoms with Crippen LogP contribution in [0.15, 0.2) is 24.3 Å². The highest BCUT2D eigenvalue weighted by Gasteiger charge is 2.22. The summed E-state index contributed by atoms with van der Waals surface area (Å²) >= 11 is 0. The SMILES string of the molecule is COc1ccc(C(CNC(=O)CC(C)C)N2CCCCCC2)cc1. The molecular weight excluding hydrogens is 300 g/mol. The Morgan fingerprint density at radius 2 is 1.75 bits per heavy atom. The highest BCUT2D eigenvalue weighted by atomic mass is 16.5. The van der Waals surface area contributed by atoms with Gasteiger partial charge in [0.1, 0.15) is 5.75 Å². The molecule has 0 spiro atoms. The molecule has 4 heteroatoms. The fourth-order valence-electron chi connectivity index (χ4n) is 3.34. The van der Waals surface area contributed by atoms with E-state index in [9.17, 15) is 4.79 Å². The Labute approximate surface area is 146 Å². The lowest BCUT2D eigenvalue weighted by Gasteiger charge is -2.31. The Balaban J connectivity index is 2.08. The third-order valence-corrected chi connectivity index (χ3v) is 4.67. The minimum Gasteiger partial charge on any atom is -0.497 e. The lowest BCUT2D eigenvalue weighted by molar-refractivity contribution is -0.122. The fraction of sp³-hybridized carbons (Fsp3) is 0.650. The molecule has 2 rings (SSSR count). The number of amides is 1. The van der Waals surface area contributed by atoms with Crippen molar-refractivity contribution < 1.29 is 9.53 Å². The van der Waals surface area contributed by atoms with Crippen LogP contribution in [-0.4, -0.2) is 37.6 Å². The van der Waals surface area contributed by atoms with Gasteiger partial charge in [0, 0.05) is 13.0 Å². The lowest BCUT2D eigenvalue weighted by Crippen LogP contribution is -2.39. The molecule has 0 aliphatic carbocycles. The van der Waals surface area contributed by atoms with Crippen molar-refractivity contribution in [3.8, 4) is 5.75 Å². The second kappa shape index (κ2) is 9.67. The number of ether oxygens (including phenoxy) is 1. The van der Waals surface area contributed by atoms with E-state index < -0.39 is 0 Å². The molecule has 1 amide bonds. The number of hydrogen-bond acceptors (Lipinski definition) is 3. The zero-order chi connectivity index (χ0) is 17.4. The van der Waals surface area contributed by atoms with Crippen LogP contribution in [0.1, 0.15) is 57.6 Å². The monoisotopic (exact) mass is 332 g/mol. The summed E-state index contributed by atoms with van der Waals surface area (Å²) in [7, 11) is 1.69. The normalized spacial score (nSPS) is 17.3. The zero-order valence-electron chi connectivity index (χ0n) is 15.4. The van der Waals surface area contributed by atoms with Crippen LogP contribution >= 0.6 is 0 Å². The predicted molar refractivity (Wildman–Crippen MR) is 98.2 cm³/mol. The van der Waals surface area contributed by atoms with E-state index in [1.165, 1.54) is 31.2 Å². The van der Waals surface area contributed by atoms with Gasteiger partial charge >= 0.3 is 0 Å². The van der Waals surface area contributed by atoms with Gasteiger partial charge in [0.05, 0.1) is 13.2 Å². The molecule has 0 bridgehead atoms. The molecule has 1 N–H and O–H groups in total. The summed E-state index contributed by atoms with van der Waals surface area (Å²) in [6.45, 7) is 7.05. The van der Waals surface area contributed by atoms with Gasteiger partial charge in [0.15, 0.2) is 0 Å². The quantitative estimate of drug-likeness (QED) is 0.826. The number of benzene rings is 1. The third-order valence-electron chi connectivity index (χ3n) is 4.67. The van der Waals surface area contributed by atoms with Gasteiger partial charge in [0.2, 0.25) is 5.91 Å². The Kier molecular flexibility index (Phi) is 7.57. The van der Waals surface area contributed by atoms with Crippen molar-refractivity contribution in [2.45, 2.75) is 52.0 Å². The number of nitrogens with one attached hydrogen (secondary N) is 1. The summed E-state index contributed by atoms with van der Waals surface area (Å²) in [6.07, 6.45) is 5.70. The molecule has 0 saturated carbocycles. The van der Waals surface area contributed by atoms with Crippen LogP contribution in [0, 0.1) is 5.92 Å². The van der Waals surface area contributed by atoms with Crippen LogP contribution in [0.2, 0.25) is 0 Å². The topological polar surface area (TPSA) is 41.6 Å². The summed E-state index contributed by atoms with van der Waals surface area (Å²) in [5.41, 5.74) is 1.25. The van der Waals surface area contributed by atoms with E-state index in [2.05, 4.69) is 36.2 Å². The van der Waals surface area contributed by atoms with Gasteiger partial charge < -0.3 is 10.1 Å². The summed E-state index contributed by atoms with van der Waals surface area (Å²) in [4.78, 5) is 14.6. The van der Waals surface area contributed by atoms with Gasteiger partial charge in [-0.1, -0.05) is 38.8 Å². The van der Waals surface area contributed by atoms with E-state index in [1.807, 2.05) is 12.1 Å². The second-order valence-corrected chi connectivity index (χ2v) is 7.14. The first-order valence-corrected chi connectivity index (χ1v) is 9.25. The smallest absolute Gasteiger partial charge is 0.220 e. The van der Waals surface area contributed by atoms with Crippen molar-refractivity contribution in [1.29, 1.82) is 0 Å². The van der Waals surface area contributed by atoms with Crippen molar-refractivity contribution in [1.82, 2.24) is 10.2 Å². The first-order chi connectivity index (χ1) is 11.6. The molecule has 1 aliphatic rings. The van der Waals surface area contributed by atoms with Crippen molar-refractivity contribution in [3.05, 3.63) is 29.8 Å². The standard InChI is InChI=1S/C20H32N2O2/c1-16(2)14-20(23)21-15-19(22-12-6-4-5-7-13-22)17-8-10-18(24-3)11-9-17/h8-11,16,19H,4-7,12-15H2,1-3H3,(H,21,23). The molecule has 1 atom stereocenters. The van der Waals surface area contributed by atoms with Gasteiger partial charge in [-0.3, -0.25) is 9.69 Å². The van der Waals surface area contributed by atoms with Gasteiger partial charge in [-0.25, -0.2) is 0 Å². The molecule has 1 saturated heterocycles. The highest BCUT2D eigenvalue weighted by molar-refractivity contribution is 5.76. The van der Waals surface area contributed by atoms with E-state index in [0.717, 1.165) is 18.8 Å². The van der Waals surface area contributed by atoms with Crippen LogP contribution in [-0.2, 0) is 4.79 Å². The number of nitrogens with zero attached hydrogens (tertiary/aromatic N) is 1. The molecule has 1 fully saturated rings. The van der Waals surface area contributed by atoms with Gasteiger partial charge in [-0.05, 0) is 49.5 Å². The minimum atomic E-state index is 0.151. The number of methoxy groups -OCH3 is 1. The average Bonchev–Trinajstić information content (AvgIpc) is 2.84. The van der Waals surface area contributed by atoms with Crippen molar-refractivity contribution in [2.75, 3.05) is 26.7 Å². The number of likely N-dealkylation sites (tertiary alicyclic amines) is 1. The van der Waals surface area contributed by atoms with Crippen molar-refractivity contribution in [3.63, 3.8) is 0 Å². The van der Waals surface area contributed by atoms with Gasteiger partial charge in [0.25, 0.3) is 0 Å². The summed E-state index contributed by atoms with van der Waals surface area (Å²) in [5, 5.41) is 3.15. The molecule has 1 aromatic carbocycles. The number of rotatable bonds is 7. The van der Waals surface area contributed by atoms with Crippen LogP contribution in [0.4, 0.5) is 0 Å². The molecule has 1 heterocycles. The maximum absolute atomic E-state index is 12.1. The number of carbonyl (C=O) groups excluding carboxylic acids is 1. The Hall–Kier alpha value is -1.55. The zero-order valence-corrected chi connectivity index (χ0v) is 15.4. The molecule has 1 aromatic rings. The van der Waals surface area contributed by atoms with Crippen LogP contribution in [0.5, 0.6) is 5.75 Å². The molecule has 134 valence electrons. The van der Waals surface area contributed by atoms with E-state index in [4.69, 9.17) is 4.74 Å². The van der Waals surface area contributed by atoms with E-state index in [1.54, 1.807) is 7.11 Å². The Morgan fingerprint density at radius 3 is 2.29 bits per heavy atom. The number of carbonyl (C=O) groups is 1. The highest BCUT2D eigenvalue weighted by Crippen LogP contribution is 2.25. The van der Waals surface area contributed by atoms with Crippen molar-refractivity contribution >= 4 is 5.91 Å². The van der Waals surface area contributed by atoms with Crippen LogP contribution < -0.4 is 10.1 Å². The van der Waals surface area contributed by atoms with Crippen LogP contribution in [0.25, 0.3) is 0 Å². The summed E-state index contributed by atoms with van der Waals surface area (Å²) < 4.78 is 5.27. The predicted octanol–water partition coefficient (Wildman–Crippen LogP) is 3.77. The summed E-state index contributed by atoms with van der Waals surface area (Å²) in [5.74, 6) is 1.41. The third kappa shape index (κ3) is 5.82. The fourth-order valence-corrected chi connectivity index (χ4v) is 3.34. The molecule has 24 heavy (non-hydrogen) atoms. The first-order valence-electron chi connectivity index (χ1n) is 9.25. The maximum Gasteiger partial charge on any atom is 0.220 e. The second-order valence-electron chi connectivity index (χ2n) is 7.14. The molecular formula is C20H32N2O2. The molecule has 4 nitrogen and oxygen atoms in total. The Morgan fingerprint density at radius 1 is 1.12 bits per heavy atom. The van der Waals surface area contributed by atoms with Crippen LogP contribution in [0.3, 0.4) is 0 Å². The summed E-state index contributed by atoms with van der Waals surface area (Å²) in [6, 6.07) is 8.52. The molecule has 0 aromatic heterocycles. The number of hydrogen-bond donors (Lipinski definition) is 1. The van der Waals surface area contributed by atoms with E-state index >= 15 is 0 Å². The van der Waals surface area contributed by atoms with Crippen molar-refractivity contribution in [2.24, 2.45) is 5.92 Å². The molecule has 0 radical (unpaired) electrons. The van der Waals surface area contributed by atoms with Gasteiger partial charge in [-0.15, -0.1) is 0 Å². The van der Waals surface area contributed by atoms with E-state index in [-0.39, 0.29) is 11.9 Å². The Bertz CT molecular complexity index is 491.